The van der Waals surface area contributed by atoms with Crippen molar-refractivity contribution in [3.63, 3.8) is 0 Å². The number of rotatable bonds is 5. The number of sulfonamides is 1. The maximum Gasteiger partial charge on any atom is 0.409 e. The predicted molar refractivity (Wildman–Crippen MR) is 132 cm³/mol. The van der Waals surface area contributed by atoms with Gasteiger partial charge in [0, 0.05) is 42.7 Å². The molecule has 10 heteroatoms. The van der Waals surface area contributed by atoms with Crippen molar-refractivity contribution in [3.8, 4) is 11.3 Å². The van der Waals surface area contributed by atoms with Crippen molar-refractivity contribution in [3.05, 3.63) is 59.7 Å². The highest BCUT2D eigenvalue weighted by molar-refractivity contribution is 7.89. The van der Waals surface area contributed by atoms with Crippen LogP contribution in [0.1, 0.15) is 29.3 Å². The fourth-order valence-corrected chi connectivity index (χ4v) is 4.63. The summed E-state index contributed by atoms with van der Waals surface area (Å²) in [6.45, 7) is 5.95. The Bertz CT molecular complexity index is 1380. The first kappa shape index (κ1) is 24.6. The number of aromatic nitrogens is 1. The summed E-state index contributed by atoms with van der Waals surface area (Å²) in [6.07, 6.45) is 0.419. The highest BCUT2D eigenvalue weighted by Crippen LogP contribution is 2.27. The third kappa shape index (κ3) is 5.44. The minimum atomic E-state index is -3.84. The van der Waals surface area contributed by atoms with E-state index in [1.165, 1.54) is 12.1 Å². The number of nitrogens with zero attached hydrogens (tertiary/aromatic N) is 3. The van der Waals surface area contributed by atoms with Crippen molar-refractivity contribution in [2.75, 3.05) is 32.8 Å². The third-order valence-corrected chi connectivity index (χ3v) is 6.89. The van der Waals surface area contributed by atoms with Gasteiger partial charge >= 0.3 is 6.09 Å². The van der Waals surface area contributed by atoms with Gasteiger partial charge in [-0.1, -0.05) is 25.1 Å². The topological polar surface area (TPSA) is 123 Å². The average Bonchev–Trinajstić information content (AvgIpc) is 2.86. The van der Waals surface area contributed by atoms with Crippen molar-refractivity contribution < 1.29 is 22.7 Å². The zero-order valence-electron chi connectivity index (χ0n) is 19.7. The Morgan fingerprint density at radius 2 is 1.74 bits per heavy atom. The molecule has 1 saturated heterocycles. The molecule has 1 aliphatic rings. The fraction of sp³-hybridized carbons (Fsp3) is 0.320. The summed E-state index contributed by atoms with van der Waals surface area (Å²) < 4.78 is 28.7. The maximum atomic E-state index is 13.2. The molecule has 1 fully saturated rings. The molecule has 2 N–H and O–H groups in total. The molecule has 2 heterocycles. The average molecular weight is 497 g/mol. The van der Waals surface area contributed by atoms with Gasteiger partial charge in [-0.2, -0.15) is 0 Å². The van der Waals surface area contributed by atoms with Crippen molar-refractivity contribution in [2.24, 2.45) is 5.14 Å². The van der Waals surface area contributed by atoms with E-state index in [0.29, 0.717) is 55.1 Å². The Balaban J connectivity index is 1.57. The number of carbonyl (C=O) groups is 2. The van der Waals surface area contributed by atoms with E-state index in [0.717, 1.165) is 17.4 Å². The summed E-state index contributed by atoms with van der Waals surface area (Å²) >= 11 is 0. The van der Waals surface area contributed by atoms with Crippen LogP contribution in [0.4, 0.5) is 4.79 Å². The van der Waals surface area contributed by atoms with Crippen LogP contribution in [0.2, 0.25) is 0 Å². The predicted octanol–water partition coefficient (Wildman–Crippen LogP) is 3.16. The first-order chi connectivity index (χ1) is 16.7. The van der Waals surface area contributed by atoms with Gasteiger partial charge in [-0.15, -0.1) is 0 Å². The zero-order chi connectivity index (χ0) is 25.2. The number of nitrogens with two attached hydrogens (primary N) is 1. The van der Waals surface area contributed by atoms with E-state index >= 15 is 0 Å². The summed E-state index contributed by atoms with van der Waals surface area (Å²) in [5.41, 5.74) is 3.29. The zero-order valence-corrected chi connectivity index (χ0v) is 20.5. The molecule has 35 heavy (non-hydrogen) atoms. The van der Waals surface area contributed by atoms with E-state index in [9.17, 15) is 18.0 Å². The second-order valence-corrected chi connectivity index (χ2v) is 10.1. The van der Waals surface area contributed by atoms with Crippen LogP contribution in [0.25, 0.3) is 22.2 Å². The lowest BCUT2D eigenvalue weighted by Gasteiger charge is -2.34. The number of benzene rings is 2. The first-order valence-electron chi connectivity index (χ1n) is 11.4. The molecule has 0 bridgehead atoms. The Morgan fingerprint density at radius 1 is 1.03 bits per heavy atom. The van der Waals surface area contributed by atoms with Gasteiger partial charge in [-0.05, 0) is 49.2 Å². The van der Waals surface area contributed by atoms with Crippen LogP contribution in [0, 0.1) is 6.92 Å². The molecule has 4 rings (SSSR count). The molecule has 9 nitrogen and oxygen atoms in total. The molecule has 0 saturated carbocycles. The Hall–Kier alpha value is -3.50. The van der Waals surface area contributed by atoms with E-state index < -0.39 is 10.0 Å². The van der Waals surface area contributed by atoms with E-state index in [-0.39, 0.29) is 16.9 Å². The van der Waals surface area contributed by atoms with Crippen LogP contribution < -0.4 is 5.14 Å². The van der Waals surface area contributed by atoms with Gasteiger partial charge in [0.1, 0.15) is 0 Å². The van der Waals surface area contributed by atoms with Crippen molar-refractivity contribution in [2.45, 2.75) is 25.2 Å². The number of primary sulfonamides is 1. The SMILES string of the molecule is CCCOC(=O)N1CCN(C(=O)c2ccc3c(C)cc(-c4cccc(S(N)(=O)=O)c4)nc3c2)CC1. The second-order valence-electron chi connectivity index (χ2n) is 8.52. The van der Waals surface area contributed by atoms with E-state index in [1.54, 1.807) is 34.1 Å². The normalized spacial score (nSPS) is 14.3. The standard InChI is InChI=1S/C25H28N4O5S/c1-3-13-34-25(31)29-11-9-28(10-12-29)24(30)19-7-8-21-17(2)14-22(27-23(21)16-19)18-5-4-6-20(15-18)35(26,32)33/h4-8,14-16H,3,9-13H2,1-2H3,(H2,26,32,33). The van der Waals surface area contributed by atoms with Gasteiger partial charge in [-0.3, -0.25) is 4.79 Å². The highest BCUT2D eigenvalue weighted by Gasteiger charge is 2.26. The minimum Gasteiger partial charge on any atom is -0.449 e. The van der Waals surface area contributed by atoms with Crippen LogP contribution in [0.15, 0.2) is 53.4 Å². The number of piperazine rings is 1. The molecule has 0 atom stereocenters. The highest BCUT2D eigenvalue weighted by atomic mass is 32.2. The van der Waals surface area contributed by atoms with E-state index in [4.69, 9.17) is 14.9 Å². The van der Waals surface area contributed by atoms with Gasteiger partial charge in [0.15, 0.2) is 0 Å². The molecule has 2 amide bonds. The van der Waals surface area contributed by atoms with Gasteiger partial charge < -0.3 is 14.5 Å². The monoisotopic (exact) mass is 496 g/mol. The van der Waals surface area contributed by atoms with Crippen molar-refractivity contribution >= 4 is 32.9 Å². The molecule has 184 valence electrons. The minimum absolute atomic E-state index is 0.0104. The molecular weight excluding hydrogens is 468 g/mol. The molecule has 1 aromatic heterocycles. The number of fused-ring (bicyclic) bond motifs is 1. The van der Waals surface area contributed by atoms with Gasteiger partial charge in [0.2, 0.25) is 10.0 Å². The van der Waals surface area contributed by atoms with E-state index in [2.05, 4.69) is 0 Å². The molecule has 0 radical (unpaired) electrons. The number of aryl methyl sites for hydroxylation is 1. The first-order valence-corrected chi connectivity index (χ1v) is 13.0. The molecule has 0 aliphatic carbocycles. The van der Waals surface area contributed by atoms with Crippen LogP contribution in [0.3, 0.4) is 0 Å². The summed E-state index contributed by atoms with van der Waals surface area (Å²) in [5, 5.41) is 6.18. The maximum absolute atomic E-state index is 13.2. The van der Waals surface area contributed by atoms with Crippen molar-refractivity contribution in [1.82, 2.24) is 14.8 Å². The van der Waals surface area contributed by atoms with Gasteiger partial charge in [0.05, 0.1) is 22.7 Å². The summed E-state index contributed by atoms with van der Waals surface area (Å²) in [5.74, 6) is -0.130. The van der Waals surface area contributed by atoms with Crippen LogP contribution >= 0.6 is 0 Å². The molecule has 0 spiro atoms. The molecule has 3 aromatic rings. The molecule has 0 unspecified atom stereocenters. The molecular formula is C25H28N4O5S. The summed E-state index contributed by atoms with van der Waals surface area (Å²) in [4.78, 5) is 33.3. The third-order valence-electron chi connectivity index (χ3n) is 5.98. The quantitative estimate of drug-likeness (QED) is 0.579. The fourth-order valence-electron chi connectivity index (χ4n) is 4.07. The number of amides is 2. The van der Waals surface area contributed by atoms with Crippen LogP contribution in [0.5, 0.6) is 0 Å². The van der Waals surface area contributed by atoms with Crippen LogP contribution in [-0.2, 0) is 14.8 Å². The summed E-state index contributed by atoms with van der Waals surface area (Å²) in [7, 11) is -3.84. The molecule has 2 aromatic carbocycles. The number of hydrogen-bond acceptors (Lipinski definition) is 6. The smallest absolute Gasteiger partial charge is 0.409 e. The second kappa shape index (κ2) is 10.0. The van der Waals surface area contributed by atoms with Gasteiger partial charge in [0.25, 0.3) is 5.91 Å². The number of carbonyl (C=O) groups excluding carboxylic acids is 2. The Labute approximate surface area is 204 Å². The largest absolute Gasteiger partial charge is 0.449 e. The number of hydrogen-bond donors (Lipinski definition) is 1. The summed E-state index contributed by atoms with van der Waals surface area (Å²) in [6, 6.07) is 13.6. The lowest BCUT2D eigenvalue weighted by molar-refractivity contribution is 0.0560. The van der Waals surface area contributed by atoms with Crippen molar-refractivity contribution in [1.29, 1.82) is 0 Å². The Morgan fingerprint density at radius 3 is 2.43 bits per heavy atom. The lowest BCUT2D eigenvalue weighted by atomic mass is 10.0. The van der Waals surface area contributed by atoms with Crippen LogP contribution in [-0.4, -0.2) is 68.0 Å². The number of pyridine rings is 1. The van der Waals surface area contributed by atoms with E-state index in [1.807, 2.05) is 26.0 Å². The molecule has 1 aliphatic heterocycles. The number of ether oxygens (including phenoxy) is 1. The lowest BCUT2D eigenvalue weighted by Crippen LogP contribution is -2.50. The van der Waals surface area contributed by atoms with Gasteiger partial charge in [-0.25, -0.2) is 23.3 Å². The Kier molecular flexibility index (Phi) is 7.04.